The van der Waals surface area contributed by atoms with Crippen molar-refractivity contribution in [1.82, 2.24) is 10.6 Å². The van der Waals surface area contributed by atoms with E-state index < -0.39 is 0 Å². The number of hydrogen-bond donors (Lipinski definition) is 3. The standard InChI is InChI=1S/C15H19N3O2/c19-14(12-8-16-9-12)17-7-10-1-5-13(6-2-10)18-15(20)11-3-4-11/h1-2,5-6,11-12,16H,3-4,7-9H2,(H,17,19)(H,18,20). The van der Waals surface area contributed by atoms with E-state index >= 15 is 0 Å². The van der Waals surface area contributed by atoms with Crippen LogP contribution in [0, 0.1) is 11.8 Å². The Hall–Kier alpha value is -1.88. The number of hydrogen-bond acceptors (Lipinski definition) is 3. The van der Waals surface area contributed by atoms with E-state index in [2.05, 4.69) is 16.0 Å². The van der Waals surface area contributed by atoms with Gasteiger partial charge in [0.2, 0.25) is 11.8 Å². The third-order valence-corrected chi connectivity index (χ3v) is 3.79. The molecule has 0 aromatic heterocycles. The maximum absolute atomic E-state index is 11.7. The highest BCUT2D eigenvalue weighted by Gasteiger charge is 2.29. The van der Waals surface area contributed by atoms with Gasteiger partial charge >= 0.3 is 0 Å². The van der Waals surface area contributed by atoms with Gasteiger partial charge < -0.3 is 16.0 Å². The number of carbonyl (C=O) groups excluding carboxylic acids is 2. The second-order valence-corrected chi connectivity index (χ2v) is 5.53. The summed E-state index contributed by atoms with van der Waals surface area (Å²) in [5.41, 5.74) is 1.86. The Morgan fingerprint density at radius 1 is 1.05 bits per heavy atom. The van der Waals surface area contributed by atoms with E-state index in [0.29, 0.717) is 6.54 Å². The SMILES string of the molecule is O=C(NCc1ccc(NC(=O)C2CC2)cc1)C1CNC1. The third kappa shape index (κ3) is 3.17. The average molecular weight is 273 g/mol. The van der Waals surface area contributed by atoms with Gasteiger partial charge in [-0.2, -0.15) is 0 Å². The van der Waals surface area contributed by atoms with Crippen LogP contribution < -0.4 is 16.0 Å². The number of anilines is 1. The lowest BCUT2D eigenvalue weighted by Crippen LogP contribution is -2.50. The van der Waals surface area contributed by atoms with E-state index in [0.717, 1.165) is 37.2 Å². The molecule has 106 valence electrons. The molecule has 1 saturated heterocycles. The smallest absolute Gasteiger partial charge is 0.227 e. The molecule has 1 aliphatic carbocycles. The van der Waals surface area contributed by atoms with Crippen LogP contribution in [-0.2, 0) is 16.1 Å². The number of rotatable bonds is 5. The van der Waals surface area contributed by atoms with E-state index in [1.165, 1.54) is 0 Å². The first kappa shape index (κ1) is 13.1. The van der Waals surface area contributed by atoms with Crippen LogP contribution in [0.5, 0.6) is 0 Å². The van der Waals surface area contributed by atoms with Gasteiger partial charge in [0.05, 0.1) is 5.92 Å². The second-order valence-electron chi connectivity index (χ2n) is 5.53. The molecule has 1 aromatic carbocycles. The quantitative estimate of drug-likeness (QED) is 0.745. The largest absolute Gasteiger partial charge is 0.352 e. The van der Waals surface area contributed by atoms with Crippen molar-refractivity contribution < 1.29 is 9.59 Å². The molecule has 2 fully saturated rings. The molecule has 0 unspecified atom stereocenters. The first-order chi connectivity index (χ1) is 9.72. The number of nitrogens with one attached hydrogen (secondary N) is 3. The zero-order chi connectivity index (χ0) is 13.9. The van der Waals surface area contributed by atoms with Crippen LogP contribution in [-0.4, -0.2) is 24.9 Å². The molecule has 0 atom stereocenters. The Bertz CT molecular complexity index is 504. The molecule has 1 aliphatic heterocycles. The van der Waals surface area contributed by atoms with Gasteiger partial charge in [0.25, 0.3) is 0 Å². The highest BCUT2D eigenvalue weighted by Crippen LogP contribution is 2.30. The van der Waals surface area contributed by atoms with E-state index in [1.54, 1.807) is 0 Å². The van der Waals surface area contributed by atoms with Crippen molar-refractivity contribution in [3.63, 3.8) is 0 Å². The molecule has 2 aliphatic rings. The van der Waals surface area contributed by atoms with Crippen LogP contribution in [0.3, 0.4) is 0 Å². The van der Waals surface area contributed by atoms with Crippen LogP contribution >= 0.6 is 0 Å². The molecule has 1 saturated carbocycles. The lowest BCUT2D eigenvalue weighted by Gasteiger charge is -2.25. The van der Waals surface area contributed by atoms with Gasteiger partial charge in [-0.25, -0.2) is 0 Å². The van der Waals surface area contributed by atoms with E-state index in [9.17, 15) is 9.59 Å². The van der Waals surface area contributed by atoms with E-state index in [1.807, 2.05) is 24.3 Å². The fourth-order valence-corrected chi connectivity index (χ4v) is 2.10. The van der Waals surface area contributed by atoms with Crippen LogP contribution in [0.1, 0.15) is 18.4 Å². The molecule has 1 heterocycles. The summed E-state index contributed by atoms with van der Waals surface area (Å²) in [7, 11) is 0. The summed E-state index contributed by atoms with van der Waals surface area (Å²) in [5, 5.41) is 8.90. The van der Waals surface area contributed by atoms with Crippen LogP contribution in [0.2, 0.25) is 0 Å². The minimum Gasteiger partial charge on any atom is -0.352 e. The topological polar surface area (TPSA) is 70.2 Å². The fraction of sp³-hybridized carbons (Fsp3) is 0.467. The third-order valence-electron chi connectivity index (χ3n) is 3.79. The molecule has 3 rings (SSSR count). The molecular weight excluding hydrogens is 254 g/mol. The molecule has 2 amide bonds. The predicted octanol–water partition coefficient (Wildman–Crippen LogP) is 0.871. The molecule has 1 aromatic rings. The lowest BCUT2D eigenvalue weighted by molar-refractivity contribution is -0.126. The Morgan fingerprint density at radius 3 is 2.30 bits per heavy atom. The molecule has 5 heteroatoms. The Balaban J connectivity index is 1.47. The summed E-state index contributed by atoms with van der Waals surface area (Å²) in [6, 6.07) is 7.63. The van der Waals surface area contributed by atoms with Gasteiger partial charge in [-0.05, 0) is 30.5 Å². The van der Waals surface area contributed by atoms with Crippen molar-refractivity contribution in [3.8, 4) is 0 Å². The predicted molar refractivity (Wildman–Crippen MR) is 76.0 cm³/mol. The van der Waals surface area contributed by atoms with Gasteiger partial charge in [-0.15, -0.1) is 0 Å². The Morgan fingerprint density at radius 2 is 1.75 bits per heavy atom. The van der Waals surface area contributed by atoms with Gasteiger partial charge in [0.15, 0.2) is 0 Å². The average Bonchev–Trinajstić information content (AvgIpc) is 3.20. The summed E-state index contributed by atoms with van der Waals surface area (Å²) in [5.74, 6) is 0.551. The molecule has 0 bridgehead atoms. The van der Waals surface area contributed by atoms with Crippen molar-refractivity contribution in [2.75, 3.05) is 18.4 Å². The summed E-state index contributed by atoms with van der Waals surface area (Å²) < 4.78 is 0. The van der Waals surface area contributed by atoms with Gasteiger partial charge in [0.1, 0.15) is 0 Å². The molecule has 5 nitrogen and oxygen atoms in total. The number of benzene rings is 1. The first-order valence-electron chi connectivity index (χ1n) is 7.10. The molecule has 20 heavy (non-hydrogen) atoms. The molecule has 3 N–H and O–H groups in total. The minimum atomic E-state index is 0.106. The monoisotopic (exact) mass is 273 g/mol. The van der Waals surface area contributed by atoms with Crippen molar-refractivity contribution in [2.24, 2.45) is 11.8 Å². The second kappa shape index (κ2) is 5.63. The number of amides is 2. The highest BCUT2D eigenvalue weighted by molar-refractivity contribution is 5.94. The normalized spacial score (nSPS) is 18.2. The van der Waals surface area contributed by atoms with Crippen molar-refractivity contribution in [3.05, 3.63) is 29.8 Å². The van der Waals surface area contributed by atoms with Gasteiger partial charge in [-0.1, -0.05) is 12.1 Å². The van der Waals surface area contributed by atoms with Crippen LogP contribution in [0.4, 0.5) is 5.69 Å². The van der Waals surface area contributed by atoms with Gasteiger partial charge in [0, 0.05) is 31.2 Å². The molecular formula is C15H19N3O2. The summed E-state index contributed by atoms with van der Waals surface area (Å²) in [6.07, 6.45) is 2.01. The van der Waals surface area contributed by atoms with Crippen LogP contribution in [0.25, 0.3) is 0 Å². The maximum Gasteiger partial charge on any atom is 0.227 e. The summed E-state index contributed by atoms with van der Waals surface area (Å²) in [6.45, 7) is 2.09. The lowest BCUT2D eigenvalue weighted by atomic mass is 10.0. The van der Waals surface area contributed by atoms with E-state index in [4.69, 9.17) is 0 Å². The van der Waals surface area contributed by atoms with E-state index in [-0.39, 0.29) is 23.7 Å². The zero-order valence-electron chi connectivity index (χ0n) is 11.3. The first-order valence-corrected chi connectivity index (χ1v) is 7.10. The minimum absolute atomic E-state index is 0.106. The Kier molecular flexibility index (Phi) is 3.69. The zero-order valence-corrected chi connectivity index (χ0v) is 11.3. The highest BCUT2D eigenvalue weighted by atomic mass is 16.2. The van der Waals surface area contributed by atoms with Crippen molar-refractivity contribution >= 4 is 17.5 Å². The molecule has 0 radical (unpaired) electrons. The van der Waals surface area contributed by atoms with Crippen LogP contribution in [0.15, 0.2) is 24.3 Å². The van der Waals surface area contributed by atoms with Crippen molar-refractivity contribution in [2.45, 2.75) is 19.4 Å². The fourth-order valence-electron chi connectivity index (χ4n) is 2.10. The maximum atomic E-state index is 11.7. The van der Waals surface area contributed by atoms with Gasteiger partial charge in [-0.3, -0.25) is 9.59 Å². The summed E-state index contributed by atoms with van der Waals surface area (Å²) >= 11 is 0. The molecule has 0 spiro atoms. The summed E-state index contributed by atoms with van der Waals surface area (Å²) in [4.78, 5) is 23.3. The number of carbonyl (C=O) groups is 2. The van der Waals surface area contributed by atoms with Crippen molar-refractivity contribution in [1.29, 1.82) is 0 Å². The Labute approximate surface area is 118 Å².